The molecule has 0 amide bonds. The second-order valence-corrected chi connectivity index (χ2v) is 2.69. The first-order valence-electron chi connectivity index (χ1n) is 4.34. The normalized spacial score (nSPS) is 9.43. The topological polar surface area (TPSA) is 55.1 Å². The van der Waals surface area contributed by atoms with Crippen LogP contribution in [0.15, 0.2) is 18.3 Å². The van der Waals surface area contributed by atoms with Gasteiger partial charge in [-0.15, -0.1) is 0 Å². The number of hydrogen-bond acceptors (Lipinski definition) is 4. The van der Waals surface area contributed by atoms with Crippen LogP contribution in [0.3, 0.4) is 0 Å². The average molecular weight is 192 g/mol. The van der Waals surface area contributed by atoms with Crippen molar-refractivity contribution in [3.8, 4) is 11.8 Å². The Morgan fingerprint density at radius 2 is 2.29 bits per heavy atom. The zero-order valence-electron chi connectivity index (χ0n) is 8.06. The van der Waals surface area contributed by atoms with Crippen molar-refractivity contribution in [1.29, 1.82) is 5.26 Å². The molecule has 0 aliphatic carbocycles. The quantitative estimate of drug-likeness (QED) is 0.661. The highest BCUT2D eigenvalue weighted by molar-refractivity contribution is 5.26. The number of nitriles is 1. The van der Waals surface area contributed by atoms with E-state index in [1.54, 1.807) is 25.4 Å². The largest absolute Gasteiger partial charge is 0.492 e. The summed E-state index contributed by atoms with van der Waals surface area (Å²) in [7, 11) is 1.66. The minimum atomic E-state index is 0.397. The van der Waals surface area contributed by atoms with Crippen molar-refractivity contribution in [1.82, 2.24) is 4.98 Å². The van der Waals surface area contributed by atoms with Gasteiger partial charge in [0.05, 0.1) is 12.8 Å². The van der Waals surface area contributed by atoms with Gasteiger partial charge in [0.2, 0.25) is 0 Å². The predicted molar refractivity (Wildman–Crippen MR) is 50.9 cm³/mol. The monoisotopic (exact) mass is 192 g/mol. The van der Waals surface area contributed by atoms with Gasteiger partial charge in [-0.1, -0.05) is 0 Å². The van der Waals surface area contributed by atoms with Gasteiger partial charge in [-0.2, -0.15) is 5.26 Å². The summed E-state index contributed by atoms with van der Waals surface area (Å²) >= 11 is 0. The van der Waals surface area contributed by atoms with Crippen LogP contribution in [0.5, 0.6) is 5.75 Å². The van der Waals surface area contributed by atoms with Gasteiger partial charge in [0.1, 0.15) is 17.5 Å². The zero-order valence-corrected chi connectivity index (χ0v) is 8.06. The van der Waals surface area contributed by atoms with E-state index in [1.807, 2.05) is 6.07 Å². The van der Waals surface area contributed by atoms with Crippen molar-refractivity contribution in [2.24, 2.45) is 0 Å². The van der Waals surface area contributed by atoms with Crippen LogP contribution in [0.25, 0.3) is 0 Å². The molecule has 0 radical (unpaired) electrons. The van der Waals surface area contributed by atoms with Crippen molar-refractivity contribution < 1.29 is 9.47 Å². The van der Waals surface area contributed by atoms with E-state index < -0.39 is 0 Å². The lowest BCUT2D eigenvalue weighted by atomic mass is 10.3. The molecule has 0 bridgehead atoms. The molecule has 1 aromatic heterocycles. The van der Waals surface area contributed by atoms with Gasteiger partial charge in [0.25, 0.3) is 0 Å². The highest BCUT2D eigenvalue weighted by atomic mass is 16.5. The van der Waals surface area contributed by atoms with Gasteiger partial charge in [-0.3, -0.25) is 0 Å². The third kappa shape index (κ3) is 3.42. The van der Waals surface area contributed by atoms with Gasteiger partial charge < -0.3 is 9.47 Å². The molecule has 74 valence electrons. The molecule has 0 N–H and O–H groups in total. The van der Waals surface area contributed by atoms with Crippen molar-refractivity contribution in [2.45, 2.75) is 6.42 Å². The van der Waals surface area contributed by atoms with E-state index in [2.05, 4.69) is 4.98 Å². The minimum absolute atomic E-state index is 0.397. The lowest BCUT2D eigenvalue weighted by molar-refractivity contribution is 0.172. The van der Waals surface area contributed by atoms with Crippen LogP contribution >= 0.6 is 0 Å². The number of rotatable bonds is 5. The lowest BCUT2D eigenvalue weighted by Gasteiger charge is -2.04. The standard InChI is InChI=1S/C10H12N2O2/c1-13-5-2-6-14-10-4-3-9(7-11)12-8-10/h3-4,8H,2,5-6H2,1H3. The van der Waals surface area contributed by atoms with E-state index in [4.69, 9.17) is 14.7 Å². The SMILES string of the molecule is COCCCOc1ccc(C#N)nc1. The predicted octanol–water partition coefficient (Wildman–Crippen LogP) is 1.37. The smallest absolute Gasteiger partial charge is 0.140 e. The van der Waals surface area contributed by atoms with E-state index in [1.165, 1.54) is 0 Å². The van der Waals surface area contributed by atoms with Crippen LogP contribution in [-0.2, 0) is 4.74 Å². The Labute approximate surface area is 83.1 Å². The van der Waals surface area contributed by atoms with Crippen LogP contribution in [0.2, 0.25) is 0 Å². The maximum atomic E-state index is 8.50. The zero-order chi connectivity index (χ0) is 10.2. The highest BCUT2D eigenvalue weighted by Crippen LogP contribution is 2.08. The molecule has 0 spiro atoms. The Morgan fingerprint density at radius 1 is 1.43 bits per heavy atom. The summed E-state index contributed by atoms with van der Waals surface area (Å²) in [6, 6.07) is 5.31. The van der Waals surface area contributed by atoms with Crippen molar-refractivity contribution in [3.05, 3.63) is 24.0 Å². The van der Waals surface area contributed by atoms with Crippen LogP contribution in [0.1, 0.15) is 12.1 Å². The Bertz CT molecular complexity index is 303. The molecular weight excluding hydrogens is 180 g/mol. The molecule has 14 heavy (non-hydrogen) atoms. The fourth-order valence-corrected chi connectivity index (χ4v) is 0.925. The molecule has 0 saturated heterocycles. The first-order valence-corrected chi connectivity index (χ1v) is 4.34. The summed E-state index contributed by atoms with van der Waals surface area (Å²) in [6.45, 7) is 1.28. The van der Waals surface area contributed by atoms with E-state index in [9.17, 15) is 0 Å². The van der Waals surface area contributed by atoms with Crippen molar-refractivity contribution >= 4 is 0 Å². The Kier molecular flexibility index (Phi) is 4.45. The molecule has 0 unspecified atom stereocenters. The van der Waals surface area contributed by atoms with Gasteiger partial charge in [-0.05, 0) is 12.1 Å². The van der Waals surface area contributed by atoms with Crippen molar-refractivity contribution in [3.63, 3.8) is 0 Å². The summed E-state index contributed by atoms with van der Waals surface area (Å²) in [5.74, 6) is 0.681. The molecule has 0 saturated carbocycles. The molecule has 4 heteroatoms. The maximum Gasteiger partial charge on any atom is 0.140 e. The van der Waals surface area contributed by atoms with E-state index in [0.717, 1.165) is 6.42 Å². The Balaban J connectivity index is 2.33. The summed E-state index contributed by atoms with van der Waals surface area (Å²) in [5.41, 5.74) is 0.397. The van der Waals surface area contributed by atoms with Gasteiger partial charge >= 0.3 is 0 Å². The maximum absolute atomic E-state index is 8.50. The first kappa shape index (κ1) is 10.5. The molecule has 1 heterocycles. The molecule has 0 fully saturated rings. The highest BCUT2D eigenvalue weighted by Gasteiger charge is 1.95. The number of aromatic nitrogens is 1. The molecule has 0 aliphatic rings. The van der Waals surface area contributed by atoms with Gasteiger partial charge in [-0.25, -0.2) is 4.98 Å². The summed E-state index contributed by atoms with van der Waals surface area (Å²) < 4.78 is 10.2. The first-order chi connectivity index (χ1) is 6.86. The molecule has 0 aliphatic heterocycles. The Morgan fingerprint density at radius 3 is 2.86 bits per heavy atom. The summed E-state index contributed by atoms with van der Waals surface area (Å²) in [5, 5.41) is 8.50. The van der Waals surface area contributed by atoms with E-state index in [-0.39, 0.29) is 0 Å². The van der Waals surface area contributed by atoms with Crippen LogP contribution in [0.4, 0.5) is 0 Å². The molecule has 4 nitrogen and oxygen atoms in total. The number of ether oxygens (including phenoxy) is 2. The molecule has 1 aromatic rings. The van der Waals surface area contributed by atoms with Crippen molar-refractivity contribution in [2.75, 3.05) is 20.3 Å². The second kappa shape index (κ2) is 5.95. The number of nitrogens with zero attached hydrogens (tertiary/aromatic N) is 2. The minimum Gasteiger partial charge on any atom is -0.492 e. The molecule has 0 atom stereocenters. The third-order valence-electron chi connectivity index (χ3n) is 1.61. The molecule has 1 rings (SSSR count). The second-order valence-electron chi connectivity index (χ2n) is 2.69. The van der Waals surface area contributed by atoms with Crippen LogP contribution < -0.4 is 4.74 Å². The van der Waals surface area contributed by atoms with Gasteiger partial charge in [0.15, 0.2) is 0 Å². The number of methoxy groups -OCH3 is 1. The third-order valence-corrected chi connectivity index (χ3v) is 1.61. The summed E-state index contributed by atoms with van der Waals surface area (Å²) in [4.78, 5) is 3.88. The Hall–Kier alpha value is -1.60. The molecular formula is C10H12N2O2. The van der Waals surface area contributed by atoms with E-state index in [0.29, 0.717) is 24.7 Å². The average Bonchev–Trinajstić information content (AvgIpc) is 2.25. The summed E-state index contributed by atoms with van der Waals surface area (Å²) in [6.07, 6.45) is 2.39. The number of pyridine rings is 1. The van der Waals surface area contributed by atoms with E-state index >= 15 is 0 Å². The number of hydrogen-bond donors (Lipinski definition) is 0. The van der Waals surface area contributed by atoms with Crippen LogP contribution in [0, 0.1) is 11.3 Å². The van der Waals surface area contributed by atoms with Crippen LogP contribution in [-0.4, -0.2) is 25.3 Å². The van der Waals surface area contributed by atoms with Gasteiger partial charge in [0, 0.05) is 20.1 Å². The fourth-order valence-electron chi connectivity index (χ4n) is 0.925. The lowest BCUT2D eigenvalue weighted by Crippen LogP contribution is -2.01. The molecule has 0 aromatic carbocycles. The fraction of sp³-hybridized carbons (Fsp3) is 0.400.